The molecule has 7 unspecified atom stereocenters. The first-order valence-corrected chi connectivity index (χ1v) is 37.1. The van der Waals surface area contributed by atoms with Gasteiger partial charge < -0.3 is 45.1 Å². The fourth-order valence-electron chi connectivity index (χ4n) is 12.0. The van der Waals surface area contributed by atoms with Crippen molar-refractivity contribution in [3.05, 3.63) is 24.3 Å². The SMILES string of the molecule is CCCCCCCC/C=C\CCCCCCCCCCCC(=O)OCCCCCCCCCCCCCCCCCCCCCCCCCCCCCCCC(=O)NC(COC1OC(CO)C(O)C(O)C1O)C(O)/C=C/CCCCCCCCC. The van der Waals surface area contributed by atoms with Crippen LogP contribution in [-0.4, -0.2) is 100 Å². The van der Waals surface area contributed by atoms with Crippen molar-refractivity contribution in [1.82, 2.24) is 5.32 Å². The first-order valence-electron chi connectivity index (χ1n) is 37.1. The summed E-state index contributed by atoms with van der Waals surface area (Å²) in [6.07, 6.45) is 70.6. The van der Waals surface area contributed by atoms with E-state index in [9.17, 15) is 35.1 Å². The van der Waals surface area contributed by atoms with Crippen LogP contribution in [0.2, 0.25) is 0 Å². The van der Waals surface area contributed by atoms with Gasteiger partial charge in [-0.2, -0.15) is 0 Å². The molecule has 7 atom stereocenters. The molecule has 1 rings (SSSR count). The summed E-state index contributed by atoms with van der Waals surface area (Å²) in [7, 11) is 0. The maximum atomic E-state index is 13.0. The number of nitrogens with one attached hydrogen (secondary N) is 1. The lowest BCUT2D eigenvalue weighted by atomic mass is 9.99. The zero-order valence-electron chi connectivity index (χ0n) is 55.8. The van der Waals surface area contributed by atoms with Gasteiger partial charge in [-0.25, -0.2) is 0 Å². The molecule has 6 N–H and O–H groups in total. The molecule has 0 aromatic heterocycles. The van der Waals surface area contributed by atoms with Crippen LogP contribution in [0.15, 0.2) is 24.3 Å². The Kier molecular flexibility index (Phi) is 60.8. The Morgan fingerprint density at radius 2 is 0.753 bits per heavy atom. The number of ether oxygens (including phenoxy) is 3. The normalized spacial score (nSPS) is 18.0. The molecule has 11 nitrogen and oxygen atoms in total. The maximum Gasteiger partial charge on any atom is 0.305 e. The van der Waals surface area contributed by atoms with Crippen LogP contribution >= 0.6 is 0 Å². The third-order valence-corrected chi connectivity index (χ3v) is 17.8. The Bertz CT molecular complexity index is 1460. The van der Waals surface area contributed by atoms with E-state index in [0.717, 1.165) is 57.8 Å². The molecule has 0 saturated carbocycles. The predicted molar refractivity (Wildman–Crippen MR) is 357 cm³/mol. The third-order valence-electron chi connectivity index (χ3n) is 17.8. The topological polar surface area (TPSA) is 175 Å². The van der Waals surface area contributed by atoms with Crippen LogP contribution in [0.25, 0.3) is 0 Å². The number of aliphatic hydroxyl groups excluding tert-OH is 5. The van der Waals surface area contributed by atoms with Gasteiger partial charge in [0, 0.05) is 12.8 Å². The van der Waals surface area contributed by atoms with Gasteiger partial charge in [-0.1, -0.05) is 327 Å². The number of unbranched alkanes of at least 4 members (excludes halogenated alkanes) is 50. The summed E-state index contributed by atoms with van der Waals surface area (Å²) in [6.45, 7) is 4.35. The average Bonchev–Trinajstić information content (AvgIpc) is 3.49. The number of allylic oxidation sites excluding steroid dienone is 3. The molecule has 1 saturated heterocycles. The Morgan fingerprint density at radius 1 is 0.424 bits per heavy atom. The number of hydrogen-bond acceptors (Lipinski definition) is 10. The van der Waals surface area contributed by atoms with Crippen molar-refractivity contribution in [3.8, 4) is 0 Å². The quantitative estimate of drug-likeness (QED) is 0.0195. The van der Waals surface area contributed by atoms with E-state index >= 15 is 0 Å². The van der Waals surface area contributed by atoms with E-state index in [-0.39, 0.29) is 18.5 Å². The lowest BCUT2D eigenvalue weighted by Gasteiger charge is -2.40. The summed E-state index contributed by atoms with van der Waals surface area (Å²) >= 11 is 0. The van der Waals surface area contributed by atoms with Gasteiger partial charge in [0.2, 0.25) is 5.91 Å². The average molecular weight is 1200 g/mol. The van der Waals surface area contributed by atoms with Crippen molar-refractivity contribution >= 4 is 11.9 Å². The highest BCUT2D eigenvalue weighted by molar-refractivity contribution is 5.76. The Labute approximate surface area is 524 Å². The van der Waals surface area contributed by atoms with E-state index in [1.807, 2.05) is 6.08 Å². The molecule has 1 fully saturated rings. The van der Waals surface area contributed by atoms with E-state index < -0.39 is 49.5 Å². The van der Waals surface area contributed by atoms with Gasteiger partial charge in [0.15, 0.2) is 6.29 Å². The highest BCUT2D eigenvalue weighted by Crippen LogP contribution is 2.24. The molecule has 502 valence electrons. The minimum absolute atomic E-state index is 0.0111. The van der Waals surface area contributed by atoms with Crippen molar-refractivity contribution in [2.24, 2.45) is 0 Å². The largest absolute Gasteiger partial charge is 0.466 e. The third kappa shape index (κ3) is 52.6. The van der Waals surface area contributed by atoms with Crippen molar-refractivity contribution in [3.63, 3.8) is 0 Å². The van der Waals surface area contributed by atoms with Crippen LogP contribution in [-0.2, 0) is 23.8 Å². The van der Waals surface area contributed by atoms with Crippen LogP contribution in [0, 0.1) is 0 Å². The monoisotopic (exact) mass is 1200 g/mol. The fourth-order valence-corrected chi connectivity index (χ4v) is 12.0. The minimum atomic E-state index is -1.57. The molecule has 1 aliphatic heterocycles. The fraction of sp³-hybridized carbons (Fsp3) is 0.919. The number of rotatable bonds is 66. The molecule has 1 aliphatic rings. The van der Waals surface area contributed by atoms with Crippen molar-refractivity contribution in [2.45, 2.75) is 416 Å². The number of hydrogen-bond donors (Lipinski definition) is 6. The van der Waals surface area contributed by atoms with Crippen LogP contribution in [0.3, 0.4) is 0 Å². The summed E-state index contributed by atoms with van der Waals surface area (Å²) in [5.41, 5.74) is 0. The van der Waals surface area contributed by atoms with Gasteiger partial charge in [-0.05, 0) is 57.8 Å². The van der Waals surface area contributed by atoms with Gasteiger partial charge >= 0.3 is 5.97 Å². The van der Waals surface area contributed by atoms with E-state index in [4.69, 9.17) is 14.2 Å². The zero-order valence-corrected chi connectivity index (χ0v) is 55.8. The van der Waals surface area contributed by atoms with Crippen LogP contribution in [0.1, 0.15) is 373 Å². The lowest BCUT2D eigenvalue weighted by Crippen LogP contribution is -2.60. The molecule has 0 radical (unpaired) electrons. The highest BCUT2D eigenvalue weighted by atomic mass is 16.7. The molecule has 11 heteroatoms. The number of carbonyl (C=O) groups excluding carboxylic acids is 2. The molecule has 0 aliphatic carbocycles. The maximum absolute atomic E-state index is 13.0. The smallest absolute Gasteiger partial charge is 0.305 e. The standard InChI is InChI=1S/C74H141NO10/c1-3-5-7-9-11-13-14-15-16-17-29-33-36-39-42-46-50-54-58-62-70(79)83-63-59-55-51-47-43-40-37-34-31-28-26-24-22-20-18-19-21-23-25-27-30-32-35-38-41-45-49-53-57-61-69(78)75-66(67(77)60-56-52-48-44-12-10-8-6-4-2)65-84-74-73(82)72(81)71(80)68(64-76)85-74/h15-16,56,60,66-68,71-74,76-77,80-82H,3-14,17-55,57-59,61-65H2,1-2H3,(H,75,78)/b16-15-,60-56+. The number of esters is 1. The summed E-state index contributed by atoms with van der Waals surface area (Å²) in [5.74, 6) is -0.167. The van der Waals surface area contributed by atoms with E-state index in [0.29, 0.717) is 19.4 Å². The summed E-state index contributed by atoms with van der Waals surface area (Å²) < 4.78 is 16.7. The Hall–Kier alpha value is -1.86. The van der Waals surface area contributed by atoms with E-state index in [1.165, 1.54) is 289 Å². The van der Waals surface area contributed by atoms with Crippen molar-refractivity contribution < 1.29 is 49.3 Å². The predicted octanol–water partition coefficient (Wildman–Crippen LogP) is 19.2. The first-order chi connectivity index (χ1) is 41.7. The number of aliphatic hydroxyl groups is 5. The van der Waals surface area contributed by atoms with Crippen LogP contribution in [0.4, 0.5) is 0 Å². The van der Waals surface area contributed by atoms with E-state index in [2.05, 4.69) is 31.3 Å². The summed E-state index contributed by atoms with van der Waals surface area (Å²) in [6, 6.07) is -0.805. The van der Waals surface area contributed by atoms with Crippen molar-refractivity contribution in [1.29, 1.82) is 0 Å². The van der Waals surface area contributed by atoms with Gasteiger partial charge in [-0.15, -0.1) is 0 Å². The molecular weight excluding hydrogens is 1060 g/mol. The number of amides is 1. The summed E-state index contributed by atoms with van der Waals surface area (Å²) in [5, 5.41) is 54.3. The van der Waals surface area contributed by atoms with Gasteiger partial charge in [0.05, 0.1) is 32.0 Å². The van der Waals surface area contributed by atoms with Gasteiger partial charge in [0.1, 0.15) is 24.4 Å². The van der Waals surface area contributed by atoms with Crippen molar-refractivity contribution in [2.75, 3.05) is 19.8 Å². The molecule has 0 spiro atoms. The molecule has 1 amide bonds. The molecule has 0 bridgehead atoms. The Morgan fingerprint density at radius 3 is 1.13 bits per heavy atom. The second-order valence-corrected chi connectivity index (χ2v) is 26.0. The zero-order chi connectivity index (χ0) is 61.6. The molecule has 1 heterocycles. The molecule has 85 heavy (non-hydrogen) atoms. The first kappa shape index (κ1) is 81.2. The van der Waals surface area contributed by atoms with Gasteiger partial charge in [0.25, 0.3) is 0 Å². The van der Waals surface area contributed by atoms with Crippen LogP contribution < -0.4 is 5.32 Å². The highest BCUT2D eigenvalue weighted by Gasteiger charge is 2.44. The molecular formula is C74H141NO10. The van der Waals surface area contributed by atoms with Gasteiger partial charge in [-0.3, -0.25) is 9.59 Å². The number of carbonyl (C=O) groups is 2. The summed E-state index contributed by atoms with van der Waals surface area (Å²) in [4.78, 5) is 25.2. The molecule has 0 aromatic rings. The second-order valence-electron chi connectivity index (χ2n) is 26.0. The van der Waals surface area contributed by atoms with Crippen LogP contribution in [0.5, 0.6) is 0 Å². The second kappa shape index (κ2) is 63.7. The Balaban J connectivity index is 1.87. The lowest BCUT2D eigenvalue weighted by molar-refractivity contribution is -0.302. The van der Waals surface area contributed by atoms with E-state index in [1.54, 1.807) is 6.08 Å². The molecule has 0 aromatic carbocycles. The minimum Gasteiger partial charge on any atom is -0.466 e.